The van der Waals surface area contributed by atoms with Gasteiger partial charge in [-0.3, -0.25) is 0 Å². The zero-order valence-electron chi connectivity index (χ0n) is 21.0. The summed E-state index contributed by atoms with van der Waals surface area (Å²) in [6.07, 6.45) is 0.532. The Bertz CT molecular complexity index is 1290. The van der Waals surface area contributed by atoms with E-state index in [0.29, 0.717) is 41.4 Å². The van der Waals surface area contributed by atoms with Gasteiger partial charge in [-0.05, 0) is 66.6 Å². The molecule has 0 heterocycles. The minimum atomic E-state index is -0.691. The SMILES string of the molecule is C=C(C)C(=O)OCCCOc1ccc(OC(=O)c2ccc(-c3ccc(OC(=O)C(=C)CO)cc3)cc2)cc1. The molecule has 0 aliphatic carbocycles. The standard InChI is InChI=1S/C30H28O8/c1-20(2)28(32)36-18-4-17-35-25-13-15-27(16-14-25)38-30(34)24-7-5-22(6-8-24)23-9-11-26(12-10-23)37-29(33)21(3)19-31/h5-16,31H,1,3-4,17-19H2,2H3. The van der Waals surface area contributed by atoms with Crippen molar-refractivity contribution in [3.8, 4) is 28.4 Å². The van der Waals surface area contributed by atoms with Crippen molar-refractivity contribution in [3.05, 3.63) is 103 Å². The predicted octanol–water partition coefficient (Wildman–Crippen LogP) is 4.91. The number of carbonyl (C=O) groups excluding carboxylic acids is 3. The molecule has 3 rings (SSSR count). The maximum atomic E-state index is 12.5. The van der Waals surface area contributed by atoms with E-state index in [4.69, 9.17) is 24.1 Å². The highest BCUT2D eigenvalue weighted by molar-refractivity contribution is 5.92. The lowest BCUT2D eigenvalue weighted by Gasteiger charge is -2.09. The number of benzene rings is 3. The highest BCUT2D eigenvalue weighted by Crippen LogP contribution is 2.24. The van der Waals surface area contributed by atoms with Crippen molar-refractivity contribution in [3.63, 3.8) is 0 Å². The van der Waals surface area contributed by atoms with E-state index in [2.05, 4.69) is 13.2 Å². The van der Waals surface area contributed by atoms with Crippen LogP contribution in [0.3, 0.4) is 0 Å². The first-order chi connectivity index (χ1) is 18.3. The van der Waals surface area contributed by atoms with Crippen molar-refractivity contribution in [2.75, 3.05) is 19.8 Å². The molecule has 8 heteroatoms. The Morgan fingerprint density at radius 3 is 1.82 bits per heavy atom. The van der Waals surface area contributed by atoms with Gasteiger partial charge in [0.1, 0.15) is 17.2 Å². The molecule has 0 fully saturated rings. The molecule has 0 unspecified atom stereocenters. The average molecular weight is 517 g/mol. The summed E-state index contributed by atoms with van der Waals surface area (Å²) in [7, 11) is 0. The van der Waals surface area contributed by atoms with E-state index in [9.17, 15) is 14.4 Å². The molecule has 1 N–H and O–H groups in total. The van der Waals surface area contributed by atoms with Gasteiger partial charge in [-0.1, -0.05) is 37.4 Å². The molecule has 0 radical (unpaired) electrons. The molecule has 38 heavy (non-hydrogen) atoms. The Kier molecular flexibility index (Phi) is 9.96. The van der Waals surface area contributed by atoms with Gasteiger partial charge < -0.3 is 24.1 Å². The number of rotatable bonds is 12. The fraction of sp³-hybridized carbons (Fsp3) is 0.167. The van der Waals surface area contributed by atoms with Crippen LogP contribution in [0.4, 0.5) is 0 Å². The van der Waals surface area contributed by atoms with E-state index >= 15 is 0 Å². The van der Waals surface area contributed by atoms with Gasteiger partial charge in [-0.15, -0.1) is 0 Å². The molecule has 0 saturated carbocycles. The molecule has 3 aromatic rings. The van der Waals surface area contributed by atoms with Crippen LogP contribution in [0.15, 0.2) is 97.1 Å². The van der Waals surface area contributed by atoms with Crippen LogP contribution < -0.4 is 14.2 Å². The summed E-state index contributed by atoms with van der Waals surface area (Å²) in [5.41, 5.74) is 2.42. The van der Waals surface area contributed by atoms with E-state index in [0.717, 1.165) is 11.1 Å². The Hall–Kier alpha value is -4.69. The van der Waals surface area contributed by atoms with Crippen LogP contribution in [0.25, 0.3) is 11.1 Å². The molecule has 196 valence electrons. The van der Waals surface area contributed by atoms with Crippen LogP contribution in [0.2, 0.25) is 0 Å². The van der Waals surface area contributed by atoms with E-state index in [1.807, 2.05) is 0 Å². The first kappa shape index (κ1) is 27.9. The van der Waals surface area contributed by atoms with Crippen molar-refractivity contribution >= 4 is 17.9 Å². The first-order valence-electron chi connectivity index (χ1n) is 11.8. The minimum Gasteiger partial charge on any atom is -0.493 e. The summed E-state index contributed by atoms with van der Waals surface area (Å²) in [6.45, 7) is 8.67. The molecule has 0 aliphatic heterocycles. The van der Waals surface area contributed by atoms with Gasteiger partial charge in [0.05, 0.1) is 31.0 Å². The van der Waals surface area contributed by atoms with Gasteiger partial charge >= 0.3 is 17.9 Å². The maximum absolute atomic E-state index is 12.5. The molecular formula is C30H28O8. The second-order valence-electron chi connectivity index (χ2n) is 8.23. The molecule has 0 saturated heterocycles. The van der Waals surface area contributed by atoms with Crippen LogP contribution >= 0.6 is 0 Å². The van der Waals surface area contributed by atoms with Crippen molar-refractivity contribution in [2.45, 2.75) is 13.3 Å². The van der Waals surface area contributed by atoms with Gasteiger partial charge in [0.25, 0.3) is 0 Å². The number of ether oxygens (including phenoxy) is 4. The molecule has 3 aromatic carbocycles. The van der Waals surface area contributed by atoms with Crippen LogP contribution in [0, 0.1) is 0 Å². The van der Waals surface area contributed by atoms with Gasteiger partial charge in [-0.2, -0.15) is 0 Å². The lowest BCUT2D eigenvalue weighted by molar-refractivity contribution is -0.139. The Balaban J connectivity index is 1.48. The smallest absolute Gasteiger partial charge is 0.343 e. The van der Waals surface area contributed by atoms with E-state index in [1.165, 1.54) is 0 Å². The summed E-state index contributed by atoms with van der Waals surface area (Å²) in [5, 5.41) is 8.95. The molecule has 0 aromatic heterocycles. The molecule has 8 nitrogen and oxygen atoms in total. The van der Waals surface area contributed by atoms with Crippen LogP contribution in [0.1, 0.15) is 23.7 Å². The number of hydrogen-bond acceptors (Lipinski definition) is 8. The number of aliphatic hydroxyl groups excluding tert-OH is 1. The normalized spacial score (nSPS) is 10.3. The van der Waals surface area contributed by atoms with Gasteiger partial charge in [0.15, 0.2) is 0 Å². The largest absolute Gasteiger partial charge is 0.493 e. The zero-order valence-corrected chi connectivity index (χ0v) is 21.0. The highest BCUT2D eigenvalue weighted by Gasteiger charge is 2.11. The van der Waals surface area contributed by atoms with Crippen molar-refractivity contribution in [2.24, 2.45) is 0 Å². The van der Waals surface area contributed by atoms with Gasteiger partial charge in [0.2, 0.25) is 0 Å². The molecule has 0 spiro atoms. The molecule has 0 atom stereocenters. The van der Waals surface area contributed by atoms with E-state index < -0.39 is 24.5 Å². The van der Waals surface area contributed by atoms with Crippen LogP contribution in [-0.4, -0.2) is 42.8 Å². The molecule has 0 bridgehead atoms. The highest BCUT2D eigenvalue weighted by atomic mass is 16.5. The molecular weight excluding hydrogens is 488 g/mol. The lowest BCUT2D eigenvalue weighted by Crippen LogP contribution is -2.12. The maximum Gasteiger partial charge on any atom is 0.343 e. The van der Waals surface area contributed by atoms with E-state index in [1.54, 1.807) is 79.7 Å². The van der Waals surface area contributed by atoms with Crippen molar-refractivity contribution < 1.29 is 38.4 Å². The minimum absolute atomic E-state index is 0.0309. The summed E-state index contributed by atoms with van der Waals surface area (Å²) in [4.78, 5) is 35.6. The third-order valence-electron chi connectivity index (χ3n) is 5.17. The summed E-state index contributed by atoms with van der Waals surface area (Å²) in [6, 6.07) is 20.3. The van der Waals surface area contributed by atoms with Crippen LogP contribution in [0.5, 0.6) is 17.2 Å². The third kappa shape index (κ3) is 8.18. The second kappa shape index (κ2) is 13.6. The first-order valence-corrected chi connectivity index (χ1v) is 11.8. The van der Waals surface area contributed by atoms with E-state index in [-0.39, 0.29) is 12.2 Å². The predicted molar refractivity (Wildman–Crippen MR) is 141 cm³/mol. The third-order valence-corrected chi connectivity index (χ3v) is 5.17. The van der Waals surface area contributed by atoms with Crippen molar-refractivity contribution in [1.29, 1.82) is 0 Å². The average Bonchev–Trinajstić information content (AvgIpc) is 2.93. The second-order valence-corrected chi connectivity index (χ2v) is 8.23. The Labute approximate surface area is 220 Å². The monoisotopic (exact) mass is 516 g/mol. The Morgan fingerprint density at radius 2 is 1.24 bits per heavy atom. The van der Waals surface area contributed by atoms with Gasteiger partial charge in [0, 0.05) is 12.0 Å². The van der Waals surface area contributed by atoms with Gasteiger partial charge in [-0.25, -0.2) is 14.4 Å². The fourth-order valence-corrected chi connectivity index (χ4v) is 3.06. The fourth-order valence-electron chi connectivity index (χ4n) is 3.06. The lowest BCUT2D eigenvalue weighted by atomic mass is 10.0. The quantitative estimate of drug-likeness (QED) is 0.157. The van der Waals surface area contributed by atoms with Crippen LogP contribution in [-0.2, 0) is 14.3 Å². The molecule has 0 aliphatic rings. The summed E-state index contributed by atoms with van der Waals surface area (Å²) >= 11 is 0. The molecule has 0 amide bonds. The van der Waals surface area contributed by atoms with Crippen molar-refractivity contribution in [1.82, 2.24) is 0 Å². The number of hydrogen-bond donors (Lipinski definition) is 1. The zero-order chi connectivity index (χ0) is 27.5. The number of carbonyl (C=O) groups is 3. The summed E-state index contributed by atoms with van der Waals surface area (Å²) in [5.74, 6) is -0.323. The topological polar surface area (TPSA) is 108 Å². The number of esters is 3. The number of aliphatic hydroxyl groups is 1. The summed E-state index contributed by atoms with van der Waals surface area (Å²) < 4.78 is 21.2. The Morgan fingerprint density at radius 1 is 0.711 bits per heavy atom.